The highest BCUT2D eigenvalue weighted by molar-refractivity contribution is 5.72. The summed E-state index contributed by atoms with van der Waals surface area (Å²) >= 11 is 0. The van der Waals surface area contributed by atoms with Crippen LogP contribution in [0.25, 0.3) is 0 Å². The summed E-state index contributed by atoms with van der Waals surface area (Å²) < 4.78 is 10.4. The van der Waals surface area contributed by atoms with Crippen LogP contribution in [0.3, 0.4) is 0 Å². The number of hydrogen-bond donors (Lipinski definition) is 1. The molecule has 2 rings (SSSR count). The van der Waals surface area contributed by atoms with Crippen molar-refractivity contribution >= 4 is 5.97 Å². The van der Waals surface area contributed by atoms with Crippen LogP contribution in [-0.2, 0) is 16.0 Å². The molecule has 1 N–H and O–H groups in total. The Balaban J connectivity index is 1.65. The van der Waals surface area contributed by atoms with Crippen LogP contribution in [0.2, 0.25) is 0 Å². The van der Waals surface area contributed by atoms with E-state index in [1.54, 1.807) is 12.5 Å². The highest BCUT2D eigenvalue weighted by atomic mass is 16.6. The fourth-order valence-corrected chi connectivity index (χ4v) is 3.29. The zero-order chi connectivity index (χ0) is 19.0. The topological polar surface area (TPSA) is 59.7 Å². The van der Waals surface area contributed by atoms with Crippen molar-refractivity contribution in [3.05, 3.63) is 47.5 Å². The van der Waals surface area contributed by atoms with Gasteiger partial charge in [-0.25, -0.2) is 0 Å². The second-order valence-electron chi connectivity index (χ2n) is 7.65. The van der Waals surface area contributed by atoms with E-state index in [-0.39, 0.29) is 5.97 Å². The van der Waals surface area contributed by atoms with Gasteiger partial charge in [-0.3, -0.25) is 4.79 Å². The Hall–Kier alpha value is -1.81. The van der Waals surface area contributed by atoms with Crippen LogP contribution in [0.15, 0.2) is 46.3 Å². The van der Waals surface area contributed by atoms with Crippen LogP contribution in [0, 0.1) is 0 Å². The number of aliphatic hydroxyl groups excluding tert-OH is 1. The molecule has 0 aromatic carbocycles. The molecule has 0 unspecified atom stereocenters. The van der Waals surface area contributed by atoms with Gasteiger partial charge in [-0.1, -0.05) is 23.3 Å². The molecule has 0 aliphatic carbocycles. The average Bonchev–Trinajstić information content (AvgIpc) is 3.23. The summed E-state index contributed by atoms with van der Waals surface area (Å²) in [6.07, 6.45) is 14.1. The number of allylic oxidation sites excluding steroid dienone is 4. The maximum Gasteiger partial charge on any atom is 0.306 e. The van der Waals surface area contributed by atoms with Crippen LogP contribution in [-0.4, -0.2) is 22.8 Å². The number of rotatable bonds is 10. The van der Waals surface area contributed by atoms with Crippen molar-refractivity contribution < 1.29 is 19.1 Å². The normalized spacial score (nSPS) is 22.5. The number of aryl methyl sites for hydroxylation is 1. The molecule has 2 atom stereocenters. The van der Waals surface area contributed by atoms with Crippen molar-refractivity contribution in [2.75, 3.05) is 0 Å². The van der Waals surface area contributed by atoms with Crippen molar-refractivity contribution in [1.82, 2.24) is 0 Å². The number of carbonyl (C=O) groups is 1. The zero-order valence-electron chi connectivity index (χ0n) is 16.3. The molecule has 1 fully saturated rings. The molecule has 1 aliphatic rings. The number of cyclic esters (lactones) is 1. The smallest absolute Gasteiger partial charge is 0.306 e. The first kappa shape index (κ1) is 20.5. The molecular weight excluding hydrogens is 328 g/mol. The number of aliphatic hydroxyl groups is 1. The van der Waals surface area contributed by atoms with Gasteiger partial charge in [-0.05, 0) is 77.3 Å². The minimum Gasteiger partial charge on any atom is -0.472 e. The minimum atomic E-state index is -0.703. The molecule has 4 heteroatoms. The highest BCUT2D eigenvalue weighted by Crippen LogP contribution is 2.32. The number of esters is 1. The summed E-state index contributed by atoms with van der Waals surface area (Å²) in [5.74, 6) is -0.200. The molecule has 0 amide bonds. The van der Waals surface area contributed by atoms with E-state index in [4.69, 9.17) is 9.15 Å². The predicted molar refractivity (Wildman–Crippen MR) is 103 cm³/mol. The maximum atomic E-state index is 11.3. The van der Waals surface area contributed by atoms with Gasteiger partial charge in [-0.15, -0.1) is 0 Å². The van der Waals surface area contributed by atoms with Gasteiger partial charge in [0.1, 0.15) is 5.60 Å². The van der Waals surface area contributed by atoms with E-state index in [9.17, 15) is 9.90 Å². The van der Waals surface area contributed by atoms with E-state index >= 15 is 0 Å². The van der Waals surface area contributed by atoms with Crippen molar-refractivity contribution in [1.29, 1.82) is 0 Å². The van der Waals surface area contributed by atoms with Gasteiger partial charge in [0.05, 0.1) is 18.6 Å². The summed E-state index contributed by atoms with van der Waals surface area (Å²) in [5.41, 5.74) is 3.22. The number of hydrogen-bond acceptors (Lipinski definition) is 4. The highest BCUT2D eigenvalue weighted by Gasteiger charge is 2.41. The summed E-state index contributed by atoms with van der Waals surface area (Å²) in [6.45, 7) is 6.12. The molecule has 4 nitrogen and oxygen atoms in total. The van der Waals surface area contributed by atoms with E-state index in [1.807, 2.05) is 13.0 Å². The first-order chi connectivity index (χ1) is 12.4. The third-order valence-electron chi connectivity index (χ3n) is 5.23. The van der Waals surface area contributed by atoms with E-state index < -0.39 is 11.7 Å². The lowest BCUT2D eigenvalue weighted by molar-refractivity contribution is -0.156. The first-order valence-electron chi connectivity index (χ1n) is 9.61. The van der Waals surface area contributed by atoms with Gasteiger partial charge in [-0.2, -0.15) is 0 Å². The lowest BCUT2D eigenvalue weighted by Gasteiger charge is -2.28. The number of ether oxygens (including phenoxy) is 1. The third kappa shape index (κ3) is 6.49. The van der Waals surface area contributed by atoms with Gasteiger partial charge >= 0.3 is 5.97 Å². The van der Waals surface area contributed by atoms with E-state index in [0.29, 0.717) is 19.3 Å². The van der Waals surface area contributed by atoms with Crippen LogP contribution < -0.4 is 0 Å². The Morgan fingerprint density at radius 3 is 2.65 bits per heavy atom. The SMILES string of the molecule is CC(=CCCc1ccoc1)CCC=C(C)CC[C@@H](O)[C@]1(C)CCC(=O)O1. The second-order valence-corrected chi connectivity index (χ2v) is 7.65. The summed E-state index contributed by atoms with van der Waals surface area (Å²) in [4.78, 5) is 11.3. The van der Waals surface area contributed by atoms with Gasteiger partial charge in [0, 0.05) is 6.42 Å². The molecule has 144 valence electrons. The molecule has 1 saturated heterocycles. The summed E-state index contributed by atoms with van der Waals surface area (Å²) in [5, 5.41) is 10.3. The van der Waals surface area contributed by atoms with Gasteiger partial charge in [0.25, 0.3) is 0 Å². The van der Waals surface area contributed by atoms with E-state index in [0.717, 1.165) is 32.1 Å². The Labute approximate surface area is 156 Å². The lowest BCUT2D eigenvalue weighted by atomic mass is 9.91. The first-order valence-corrected chi connectivity index (χ1v) is 9.61. The van der Waals surface area contributed by atoms with Crippen molar-refractivity contribution in [2.24, 2.45) is 0 Å². The van der Waals surface area contributed by atoms with Crippen molar-refractivity contribution in [2.45, 2.75) is 83.8 Å². The summed E-state index contributed by atoms with van der Waals surface area (Å²) in [6, 6.07) is 2.01. The van der Waals surface area contributed by atoms with E-state index in [2.05, 4.69) is 26.0 Å². The van der Waals surface area contributed by atoms with Gasteiger partial charge < -0.3 is 14.3 Å². The van der Waals surface area contributed by atoms with Crippen molar-refractivity contribution in [3.8, 4) is 0 Å². The molecule has 1 aromatic rings. The molecule has 1 aliphatic heterocycles. The predicted octanol–water partition coefficient (Wildman–Crippen LogP) is 5.12. The molecule has 0 bridgehead atoms. The lowest BCUT2D eigenvalue weighted by Crippen LogP contribution is -2.39. The number of carbonyl (C=O) groups excluding carboxylic acids is 1. The standard InChI is InChI=1S/C22H32O4/c1-17(8-5-9-19-13-15-25-16-19)6-4-7-18(2)10-11-20(23)22(3)14-12-21(24)26-22/h7-8,13,15-16,20,23H,4-6,9-12,14H2,1-3H3/t20-,22+/m1/s1. The van der Waals surface area contributed by atoms with E-state index in [1.165, 1.54) is 16.7 Å². The Morgan fingerprint density at radius 1 is 1.27 bits per heavy atom. The van der Waals surface area contributed by atoms with Crippen molar-refractivity contribution in [3.63, 3.8) is 0 Å². The largest absolute Gasteiger partial charge is 0.472 e. The Morgan fingerprint density at radius 2 is 2.00 bits per heavy atom. The summed E-state index contributed by atoms with van der Waals surface area (Å²) in [7, 11) is 0. The van der Waals surface area contributed by atoms with Gasteiger partial charge in [0.15, 0.2) is 0 Å². The van der Waals surface area contributed by atoms with Crippen LogP contribution in [0.4, 0.5) is 0 Å². The fourth-order valence-electron chi connectivity index (χ4n) is 3.29. The van der Waals surface area contributed by atoms with Crippen LogP contribution >= 0.6 is 0 Å². The zero-order valence-corrected chi connectivity index (χ0v) is 16.3. The average molecular weight is 360 g/mol. The quantitative estimate of drug-likeness (QED) is 0.464. The molecular formula is C22H32O4. The molecule has 0 saturated carbocycles. The Kier molecular flexibility index (Phi) is 7.70. The van der Waals surface area contributed by atoms with Crippen LogP contribution in [0.5, 0.6) is 0 Å². The monoisotopic (exact) mass is 360 g/mol. The fraction of sp³-hybridized carbons (Fsp3) is 0.591. The number of furan rings is 1. The molecule has 0 radical (unpaired) electrons. The maximum absolute atomic E-state index is 11.3. The van der Waals surface area contributed by atoms with Crippen LogP contribution in [0.1, 0.15) is 71.3 Å². The molecule has 2 heterocycles. The minimum absolute atomic E-state index is 0.200. The second kappa shape index (κ2) is 9.77. The van der Waals surface area contributed by atoms with Gasteiger partial charge in [0.2, 0.25) is 0 Å². The molecule has 0 spiro atoms. The third-order valence-corrected chi connectivity index (χ3v) is 5.23. The molecule has 1 aromatic heterocycles. The molecule has 26 heavy (non-hydrogen) atoms. The Bertz CT molecular complexity index is 627.